The topological polar surface area (TPSA) is 57.6 Å². The Morgan fingerprint density at radius 1 is 1.26 bits per heavy atom. The summed E-state index contributed by atoms with van der Waals surface area (Å²) in [7, 11) is 0. The van der Waals surface area contributed by atoms with Crippen molar-refractivity contribution in [2.75, 3.05) is 6.54 Å². The second-order valence-corrected chi connectivity index (χ2v) is 5.61. The van der Waals surface area contributed by atoms with Gasteiger partial charge in [-0.25, -0.2) is 4.39 Å². The third kappa shape index (κ3) is 3.62. The van der Waals surface area contributed by atoms with Crippen molar-refractivity contribution < 1.29 is 32.3 Å². The van der Waals surface area contributed by atoms with Crippen LogP contribution in [0.5, 0.6) is 0 Å². The molecule has 2 atom stereocenters. The van der Waals surface area contributed by atoms with Gasteiger partial charge in [0.25, 0.3) is 5.91 Å². The molecular formula is C15H15F4NO3. The summed E-state index contributed by atoms with van der Waals surface area (Å²) in [6.07, 6.45) is -4.06. The number of benzene rings is 1. The molecule has 1 aromatic carbocycles. The monoisotopic (exact) mass is 333 g/mol. The fourth-order valence-electron chi connectivity index (χ4n) is 2.63. The Morgan fingerprint density at radius 2 is 1.91 bits per heavy atom. The van der Waals surface area contributed by atoms with Crippen molar-refractivity contribution in [3.63, 3.8) is 0 Å². The summed E-state index contributed by atoms with van der Waals surface area (Å²) in [5, 5.41) is 9.05. The van der Waals surface area contributed by atoms with E-state index in [0.717, 1.165) is 6.07 Å². The van der Waals surface area contributed by atoms with Crippen LogP contribution in [0.15, 0.2) is 18.2 Å². The molecule has 1 amide bonds. The van der Waals surface area contributed by atoms with Crippen molar-refractivity contribution in [1.29, 1.82) is 0 Å². The van der Waals surface area contributed by atoms with E-state index in [-0.39, 0.29) is 18.2 Å². The van der Waals surface area contributed by atoms with Gasteiger partial charge in [0.1, 0.15) is 5.82 Å². The number of likely N-dealkylation sites (tertiary alicyclic amines) is 1. The zero-order valence-corrected chi connectivity index (χ0v) is 12.2. The zero-order valence-electron chi connectivity index (χ0n) is 12.2. The van der Waals surface area contributed by atoms with E-state index in [4.69, 9.17) is 5.11 Å². The molecule has 1 aliphatic rings. The van der Waals surface area contributed by atoms with Gasteiger partial charge in [-0.3, -0.25) is 9.59 Å². The molecule has 0 spiro atoms. The quantitative estimate of drug-likeness (QED) is 0.846. The van der Waals surface area contributed by atoms with E-state index in [1.807, 2.05) is 0 Å². The number of amides is 1. The van der Waals surface area contributed by atoms with Crippen LogP contribution < -0.4 is 0 Å². The van der Waals surface area contributed by atoms with Gasteiger partial charge in [-0.1, -0.05) is 0 Å². The maximum absolute atomic E-state index is 13.3. The van der Waals surface area contributed by atoms with Gasteiger partial charge >= 0.3 is 12.1 Å². The first kappa shape index (κ1) is 17.2. The second-order valence-electron chi connectivity index (χ2n) is 5.61. The Kier molecular flexibility index (Phi) is 4.63. The number of carbonyl (C=O) groups excluding carboxylic acids is 1. The lowest BCUT2D eigenvalue weighted by molar-refractivity contribution is -0.143. The minimum atomic E-state index is -4.91. The normalized spacial score (nSPS) is 22.0. The van der Waals surface area contributed by atoms with Crippen LogP contribution in [0.3, 0.4) is 0 Å². The molecule has 4 nitrogen and oxygen atoms in total. The van der Waals surface area contributed by atoms with E-state index in [1.54, 1.807) is 6.92 Å². The largest absolute Gasteiger partial charge is 0.481 e. The number of aliphatic carboxylic acids is 1. The molecule has 1 fully saturated rings. The molecule has 1 aliphatic heterocycles. The van der Waals surface area contributed by atoms with E-state index in [9.17, 15) is 27.2 Å². The number of carbonyl (C=O) groups is 2. The number of alkyl halides is 3. The standard InChI is InChI=1S/C15H15F4NO3/c1-8-2-3-10(14(22)23)7-20(8)13(21)9-4-5-12(16)11(6-9)15(17,18)19/h4-6,8,10H,2-3,7H2,1H3,(H,22,23). The molecule has 8 heteroatoms. The predicted molar refractivity (Wildman–Crippen MR) is 72.3 cm³/mol. The number of nitrogens with zero attached hydrogens (tertiary/aromatic N) is 1. The first-order valence-corrected chi connectivity index (χ1v) is 7.01. The number of carboxylic acid groups (broad SMARTS) is 1. The number of hydrogen-bond acceptors (Lipinski definition) is 2. The van der Waals surface area contributed by atoms with Crippen LogP contribution in [-0.4, -0.2) is 34.5 Å². The van der Waals surface area contributed by atoms with Gasteiger partial charge in [-0.15, -0.1) is 0 Å². The van der Waals surface area contributed by atoms with Crippen molar-refractivity contribution in [1.82, 2.24) is 4.90 Å². The molecule has 1 aromatic rings. The van der Waals surface area contributed by atoms with E-state index in [2.05, 4.69) is 0 Å². The van der Waals surface area contributed by atoms with E-state index in [1.165, 1.54) is 4.90 Å². The summed E-state index contributed by atoms with van der Waals surface area (Å²) in [5.41, 5.74) is -1.82. The molecule has 0 aromatic heterocycles. The highest BCUT2D eigenvalue weighted by Crippen LogP contribution is 2.32. The minimum absolute atomic E-state index is 0.0753. The van der Waals surface area contributed by atoms with Gasteiger partial charge in [-0.2, -0.15) is 13.2 Å². The van der Waals surface area contributed by atoms with Crippen LogP contribution in [0.4, 0.5) is 17.6 Å². The highest BCUT2D eigenvalue weighted by molar-refractivity contribution is 5.95. The number of carboxylic acids is 1. The van der Waals surface area contributed by atoms with Crippen molar-refractivity contribution in [3.05, 3.63) is 35.1 Å². The first-order chi connectivity index (χ1) is 10.6. The molecule has 1 N–H and O–H groups in total. The molecule has 0 bridgehead atoms. The van der Waals surface area contributed by atoms with E-state index < -0.39 is 35.4 Å². The number of piperidine rings is 1. The lowest BCUT2D eigenvalue weighted by atomic mass is 9.92. The Hall–Kier alpha value is -2.12. The average molecular weight is 333 g/mol. The smallest absolute Gasteiger partial charge is 0.419 e. The highest BCUT2D eigenvalue weighted by Gasteiger charge is 2.37. The van der Waals surface area contributed by atoms with Crippen LogP contribution in [0.25, 0.3) is 0 Å². The molecule has 1 saturated heterocycles. The number of halogens is 4. The second kappa shape index (κ2) is 6.17. The number of rotatable bonds is 2. The van der Waals surface area contributed by atoms with Crippen LogP contribution in [0.2, 0.25) is 0 Å². The highest BCUT2D eigenvalue weighted by atomic mass is 19.4. The predicted octanol–water partition coefficient (Wildman–Crippen LogP) is 3.17. The molecule has 0 aliphatic carbocycles. The van der Waals surface area contributed by atoms with Gasteiger partial charge in [0.05, 0.1) is 11.5 Å². The molecule has 2 rings (SSSR count). The maximum atomic E-state index is 13.3. The molecule has 1 heterocycles. The Bertz CT molecular complexity index is 630. The average Bonchev–Trinajstić information content (AvgIpc) is 2.46. The van der Waals surface area contributed by atoms with Crippen molar-refractivity contribution in [2.45, 2.75) is 32.0 Å². The first-order valence-electron chi connectivity index (χ1n) is 7.01. The van der Waals surface area contributed by atoms with Gasteiger partial charge in [0.2, 0.25) is 0 Å². The molecule has 0 saturated carbocycles. The minimum Gasteiger partial charge on any atom is -0.481 e. The lowest BCUT2D eigenvalue weighted by Crippen LogP contribution is -2.47. The van der Waals surface area contributed by atoms with E-state index in [0.29, 0.717) is 25.0 Å². The fraction of sp³-hybridized carbons (Fsp3) is 0.467. The SMILES string of the molecule is CC1CCC(C(=O)O)CN1C(=O)c1ccc(F)c(C(F)(F)F)c1. The van der Waals surface area contributed by atoms with Gasteiger partial charge in [-0.05, 0) is 38.0 Å². The van der Waals surface area contributed by atoms with Gasteiger partial charge in [0.15, 0.2) is 0 Å². The van der Waals surface area contributed by atoms with Crippen LogP contribution >= 0.6 is 0 Å². The van der Waals surface area contributed by atoms with Crippen LogP contribution in [0, 0.1) is 11.7 Å². The summed E-state index contributed by atoms with van der Waals surface area (Å²) in [6.45, 7) is 1.62. The van der Waals surface area contributed by atoms with E-state index >= 15 is 0 Å². The summed E-state index contributed by atoms with van der Waals surface area (Å²) in [6, 6.07) is 1.75. The summed E-state index contributed by atoms with van der Waals surface area (Å²) >= 11 is 0. The molecule has 126 valence electrons. The Morgan fingerprint density at radius 3 is 2.48 bits per heavy atom. The maximum Gasteiger partial charge on any atom is 0.419 e. The third-order valence-corrected chi connectivity index (χ3v) is 4.01. The Labute approximate surface area is 129 Å². The Balaban J connectivity index is 2.31. The van der Waals surface area contributed by atoms with Crippen LogP contribution in [-0.2, 0) is 11.0 Å². The fourth-order valence-corrected chi connectivity index (χ4v) is 2.63. The summed E-state index contributed by atoms with van der Waals surface area (Å²) < 4.78 is 51.5. The van der Waals surface area contributed by atoms with Crippen LogP contribution in [0.1, 0.15) is 35.7 Å². The zero-order chi connectivity index (χ0) is 17.4. The van der Waals surface area contributed by atoms with Gasteiger partial charge < -0.3 is 10.0 Å². The molecule has 0 radical (unpaired) electrons. The molecular weight excluding hydrogens is 318 g/mol. The number of hydrogen-bond donors (Lipinski definition) is 1. The third-order valence-electron chi connectivity index (χ3n) is 4.01. The van der Waals surface area contributed by atoms with Crippen molar-refractivity contribution in [3.8, 4) is 0 Å². The van der Waals surface area contributed by atoms with Crippen molar-refractivity contribution >= 4 is 11.9 Å². The summed E-state index contributed by atoms with van der Waals surface area (Å²) in [4.78, 5) is 24.7. The van der Waals surface area contributed by atoms with Gasteiger partial charge in [0, 0.05) is 18.2 Å². The summed E-state index contributed by atoms with van der Waals surface area (Å²) in [5.74, 6) is -3.99. The molecule has 23 heavy (non-hydrogen) atoms. The molecule has 2 unspecified atom stereocenters. The lowest BCUT2D eigenvalue weighted by Gasteiger charge is -2.36. The van der Waals surface area contributed by atoms with Crippen molar-refractivity contribution in [2.24, 2.45) is 5.92 Å².